The lowest BCUT2D eigenvalue weighted by Crippen LogP contribution is -2.29. The SMILES string of the molecule is CCN(C)CCNCc1c(C)nn(-c2ccc(F)cc2F)c1C. The summed E-state index contributed by atoms with van der Waals surface area (Å²) in [5.74, 6) is -1.20. The Morgan fingerprint density at radius 3 is 2.65 bits per heavy atom. The summed E-state index contributed by atoms with van der Waals surface area (Å²) >= 11 is 0. The summed E-state index contributed by atoms with van der Waals surface area (Å²) in [6.07, 6.45) is 0. The molecule has 0 spiro atoms. The Morgan fingerprint density at radius 1 is 1.26 bits per heavy atom. The van der Waals surface area contributed by atoms with Crippen LogP contribution in [0.1, 0.15) is 23.9 Å². The number of nitrogens with zero attached hydrogens (tertiary/aromatic N) is 3. The lowest BCUT2D eigenvalue weighted by Gasteiger charge is -2.14. The van der Waals surface area contributed by atoms with Gasteiger partial charge >= 0.3 is 0 Å². The number of benzene rings is 1. The van der Waals surface area contributed by atoms with Gasteiger partial charge < -0.3 is 10.2 Å². The van der Waals surface area contributed by atoms with Gasteiger partial charge in [-0.2, -0.15) is 5.10 Å². The van der Waals surface area contributed by atoms with Gasteiger partial charge in [-0.1, -0.05) is 6.92 Å². The van der Waals surface area contributed by atoms with Crippen LogP contribution in [0.15, 0.2) is 18.2 Å². The van der Waals surface area contributed by atoms with Crippen molar-refractivity contribution in [3.8, 4) is 5.69 Å². The van der Waals surface area contributed by atoms with E-state index in [-0.39, 0.29) is 5.69 Å². The minimum atomic E-state index is -0.611. The van der Waals surface area contributed by atoms with Gasteiger partial charge in [-0.15, -0.1) is 0 Å². The first-order valence-corrected chi connectivity index (χ1v) is 7.83. The van der Waals surface area contributed by atoms with Crippen LogP contribution in [0.5, 0.6) is 0 Å². The molecule has 0 aliphatic heterocycles. The Hall–Kier alpha value is -1.79. The molecule has 1 aromatic heterocycles. The van der Waals surface area contributed by atoms with Crippen molar-refractivity contribution in [1.29, 1.82) is 0 Å². The van der Waals surface area contributed by atoms with E-state index in [9.17, 15) is 8.78 Å². The van der Waals surface area contributed by atoms with Crippen molar-refractivity contribution < 1.29 is 8.78 Å². The number of aromatic nitrogens is 2. The van der Waals surface area contributed by atoms with Gasteiger partial charge in [-0.25, -0.2) is 13.5 Å². The Kier molecular flexibility index (Phi) is 5.85. The summed E-state index contributed by atoms with van der Waals surface area (Å²) < 4.78 is 28.6. The summed E-state index contributed by atoms with van der Waals surface area (Å²) in [6, 6.07) is 3.54. The molecule has 2 rings (SSSR count). The fourth-order valence-electron chi connectivity index (χ4n) is 2.46. The second-order valence-electron chi connectivity index (χ2n) is 5.73. The highest BCUT2D eigenvalue weighted by atomic mass is 19.1. The summed E-state index contributed by atoms with van der Waals surface area (Å²) in [6.45, 7) is 9.46. The lowest BCUT2D eigenvalue weighted by molar-refractivity contribution is 0.349. The van der Waals surface area contributed by atoms with Crippen LogP contribution in [-0.4, -0.2) is 41.4 Å². The van der Waals surface area contributed by atoms with Crippen molar-refractivity contribution in [2.45, 2.75) is 27.3 Å². The minimum Gasteiger partial charge on any atom is -0.311 e. The Morgan fingerprint density at radius 2 is 2.00 bits per heavy atom. The van der Waals surface area contributed by atoms with Gasteiger partial charge in [0.05, 0.1) is 5.69 Å². The van der Waals surface area contributed by atoms with E-state index in [0.717, 1.165) is 42.7 Å². The molecule has 4 nitrogen and oxygen atoms in total. The molecule has 6 heteroatoms. The van der Waals surface area contributed by atoms with Gasteiger partial charge in [-0.05, 0) is 39.6 Å². The van der Waals surface area contributed by atoms with Crippen LogP contribution in [0, 0.1) is 25.5 Å². The molecular formula is C17H24F2N4. The van der Waals surface area contributed by atoms with E-state index < -0.39 is 11.6 Å². The van der Waals surface area contributed by atoms with Crippen LogP contribution in [0.3, 0.4) is 0 Å². The van der Waals surface area contributed by atoms with E-state index >= 15 is 0 Å². The molecule has 0 fully saturated rings. The van der Waals surface area contributed by atoms with Crippen molar-refractivity contribution in [1.82, 2.24) is 20.0 Å². The summed E-state index contributed by atoms with van der Waals surface area (Å²) in [5, 5.41) is 7.79. The van der Waals surface area contributed by atoms with Crippen LogP contribution in [-0.2, 0) is 6.54 Å². The van der Waals surface area contributed by atoms with Crippen molar-refractivity contribution >= 4 is 0 Å². The zero-order valence-corrected chi connectivity index (χ0v) is 14.2. The molecule has 1 heterocycles. The van der Waals surface area contributed by atoms with Gasteiger partial charge in [0.2, 0.25) is 0 Å². The molecule has 0 bridgehead atoms. The van der Waals surface area contributed by atoms with Crippen LogP contribution >= 0.6 is 0 Å². The monoisotopic (exact) mass is 322 g/mol. The van der Waals surface area contributed by atoms with Gasteiger partial charge in [-0.3, -0.25) is 0 Å². The molecule has 0 radical (unpaired) electrons. The van der Waals surface area contributed by atoms with Crippen LogP contribution < -0.4 is 5.32 Å². The molecule has 23 heavy (non-hydrogen) atoms. The second-order valence-corrected chi connectivity index (χ2v) is 5.73. The molecule has 0 saturated heterocycles. The fourth-order valence-corrected chi connectivity index (χ4v) is 2.46. The third-order valence-electron chi connectivity index (χ3n) is 4.09. The molecule has 0 saturated carbocycles. The van der Waals surface area contributed by atoms with Gasteiger partial charge in [0.15, 0.2) is 5.82 Å². The number of hydrogen-bond acceptors (Lipinski definition) is 3. The molecule has 0 aliphatic rings. The average molecular weight is 322 g/mol. The molecule has 1 aromatic carbocycles. The summed E-state index contributed by atoms with van der Waals surface area (Å²) in [4.78, 5) is 2.23. The van der Waals surface area contributed by atoms with Crippen molar-refractivity contribution in [2.75, 3.05) is 26.7 Å². The maximum atomic E-state index is 14.0. The molecule has 0 atom stereocenters. The predicted molar refractivity (Wildman–Crippen MR) is 87.8 cm³/mol. The van der Waals surface area contributed by atoms with E-state index in [2.05, 4.69) is 29.3 Å². The van der Waals surface area contributed by atoms with Gasteiger partial charge in [0, 0.05) is 37.0 Å². The highest BCUT2D eigenvalue weighted by Crippen LogP contribution is 2.20. The first-order chi connectivity index (χ1) is 10.9. The second kappa shape index (κ2) is 7.66. The Labute approximate surface area is 136 Å². The number of aryl methyl sites for hydroxylation is 1. The maximum Gasteiger partial charge on any atom is 0.151 e. The van der Waals surface area contributed by atoms with E-state index in [1.54, 1.807) is 4.68 Å². The first-order valence-electron chi connectivity index (χ1n) is 7.83. The van der Waals surface area contributed by atoms with E-state index in [0.29, 0.717) is 6.54 Å². The predicted octanol–water partition coefficient (Wildman–Crippen LogP) is 2.81. The molecule has 0 unspecified atom stereocenters. The van der Waals surface area contributed by atoms with Crippen molar-refractivity contribution in [3.63, 3.8) is 0 Å². The van der Waals surface area contributed by atoms with Gasteiger partial charge in [0.25, 0.3) is 0 Å². The quantitative estimate of drug-likeness (QED) is 0.796. The first kappa shape index (κ1) is 17.6. The molecule has 2 aromatic rings. The van der Waals surface area contributed by atoms with E-state index in [4.69, 9.17) is 0 Å². The number of halogens is 2. The smallest absolute Gasteiger partial charge is 0.151 e. The molecule has 1 N–H and O–H groups in total. The van der Waals surface area contributed by atoms with E-state index in [1.807, 2.05) is 13.8 Å². The number of likely N-dealkylation sites (N-methyl/N-ethyl adjacent to an activating group) is 1. The van der Waals surface area contributed by atoms with Crippen molar-refractivity contribution in [3.05, 3.63) is 46.8 Å². The zero-order chi connectivity index (χ0) is 17.0. The average Bonchev–Trinajstić information content (AvgIpc) is 2.78. The van der Waals surface area contributed by atoms with Crippen LogP contribution in [0.4, 0.5) is 8.78 Å². The molecular weight excluding hydrogens is 298 g/mol. The van der Waals surface area contributed by atoms with Crippen molar-refractivity contribution in [2.24, 2.45) is 0 Å². The topological polar surface area (TPSA) is 33.1 Å². The highest BCUT2D eigenvalue weighted by Gasteiger charge is 2.15. The zero-order valence-electron chi connectivity index (χ0n) is 14.2. The normalized spacial score (nSPS) is 11.4. The Bertz CT molecular complexity index is 667. The molecule has 0 amide bonds. The molecule has 126 valence electrons. The van der Waals surface area contributed by atoms with Gasteiger partial charge in [0.1, 0.15) is 11.5 Å². The molecule has 0 aliphatic carbocycles. The third-order valence-corrected chi connectivity index (χ3v) is 4.09. The van der Waals surface area contributed by atoms with E-state index in [1.165, 1.54) is 12.1 Å². The summed E-state index contributed by atoms with van der Waals surface area (Å²) in [5.41, 5.74) is 3.03. The van der Waals surface area contributed by atoms with Crippen LogP contribution in [0.25, 0.3) is 5.69 Å². The highest BCUT2D eigenvalue weighted by molar-refractivity contribution is 5.38. The number of hydrogen-bond donors (Lipinski definition) is 1. The lowest BCUT2D eigenvalue weighted by atomic mass is 10.2. The van der Waals surface area contributed by atoms with Crippen LogP contribution in [0.2, 0.25) is 0 Å². The third kappa shape index (κ3) is 4.14. The number of nitrogens with one attached hydrogen (secondary N) is 1. The Balaban J connectivity index is 2.13. The standard InChI is InChI=1S/C17H24F2N4/c1-5-22(4)9-8-20-11-15-12(2)21-23(13(15)3)17-7-6-14(18)10-16(17)19/h6-7,10,20H,5,8-9,11H2,1-4H3. The number of rotatable bonds is 7. The minimum absolute atomic E-state index is 0.268. The fraction of sp³-hybridized carbons (Fsp3) is 0.471. The maximum absolute atomic E-state index is 14.0. The largest absolute Gasteiger partial charge is 0.311 e. The summed E-state index contributed by atoms with van der Waals surface area (Å²) in [7, 11) is 2.08.